The average molecular weight is 270 g/mol. The lowest BCUT2D eigenvalue weighted by molar-refractivity contribution is -0.152. The van der Waals surface area contributed by atoms with Gasteiger partial charge in [0, 0.05) is 0 Å². The van der Waals surface area contributed by atoms with Gasteiger partial charge >= 0.3 is 11.9 Å². The number of carboxylic acid groups (broad SMARTS) is 2. The molecule has 0 aromatic rings. The van der Waals surface area contributed by atoms with E-state index in [1.165, 1.54) is 0 Å². The van der Waals surface area contributed by atoms with E-state index in [-0.39, 0.29) is 0 Å². The Morgan fingerprint density at radius 2 is 1.56 bits per heavy atom. The van der Waals surface area contributed by atoms with Gasteiger partial charge in [-0.15, -0.1) is 0 Å². The minimum Gasteiger partial charge on any atom is -0.487 e. The minimum absolute atomic E-state index is 0.483. The Balaban J connectivity index is 0. The fourth-order valence-electron chi connectivity index (χ4n) is 0.478. The van der Waals surface area contributed by atoms with Gasteiger partial charge in [-0.05, 0) is 24.4 Å². The van der Waals surface area contributed by atoms with Crippen LogP contribution in [-0.2, 0) is 14.3 Å². The molecule has 0 spiro atoms. The van der Waals surface area contributed by atoms with Crippen LogP contribution in [0.25, 0.3) is 0 Å². The highest BCUT2D eigenvalue weighted by Gasteiger charge is 2.22. The Hall–Kier alpha value is -1.68. The van der Waals surface area contributed by atoms with Gasteiger partial charge < -0.3 is 31.5 Å². The number of carbonyl (C=O) groups is 2. The summed E-state index contributed by atoms with van der Waals surface area (Å²) in [7, 11) is 0. The van der Waals surface area contributed by atoms with Gasteiger partial charge in [-0.3, -0.25) is 4.79 Å². The Bertz CT molecular complexity index is 275. The van der Waals surface area contributed by atoms with E-state index in [1.54, 1.807) is 0 Å². The maximum Gasteiger partial charge on any atom is 0.345 e. The summed E-state index contributed by atoms with van der Waals surface area (Å²) in [6.07, 6.45) is -2.19. The summed E-state index contributed by atoms with van der Waals surface area (Å²) >= 11 is 8.11. The number of rotatable bonds is 4. The molecule has 92 valence electrons. The molecule has 0 aromatic carbocycles. The molecule has 0 aliphatic rings. The predicted octanol–water partition coefficient (Wildman–Crippen LogP) is -1.04. The predicted molar refractivity (Wildman–Crippen MR) is 61.0 cm³/mol. The molecule has 0 fully saturated rings. The number of aliphatic hydroxyl groups is 1. The standard InChI is InChI=1S/C5H7NO5S.CH3NOS/c6-5(12)11-2(4(9)10)1-3(7)8;2-1(3)4/h2H,1H2,(H2,6,12)(H,7,8)(H,9,10);(H3,2,3,4). The van der Waals surface area contributed by atoms with Gasteiger partial charge in [-0.2, -0.15) is 0 Å². The van der Waals surface area contributed by atoms with E-state index in [0.29, 0.717) is 0 Å². The van der Waals surface area contributed by atoms with Crippen LogP contribution >= 0.6 is 24.4 Å². The summed E-state index contributed by atoms with van der Waals surface area (Å²) < 4.78 is 4.35. The summed E-state index contributed by atoms with van der Waals surface area (Å²) in [5.74, 6) is -2.70. The molecule has 16 heavy (non-hydrogen) atoms. The van der Waals surface area contributed by atoms with Crippen molar-refractivity contribution in [1.29, 1.82) is 0 Å². The van der Waals surface area contributed by atoms with Crippen LogP contribution in [0, 0.1) is 0 Å². The van der Waals surface area contributed by atoms with Crippen molar-refractivity contribution in [2.24, 2.45) is 11.5 Å². The van der Waals surface area contributed by atoms with Crippen molar-refractivity contribution in [1.82, 2.24) is 0 Å². The fraction of sp³-hybridized carbons (Fsp3) is 0.333. The molecule has 0 saturated heterocycles. The molecule has 1 unspecified atom stereocenters. The summed E-state index contributed by atoms with van der Waals surface area (Å²) in [6.45, 7) is 0. The number of ether oxygens (including phenoxy) is 1. The van der Waals surface area contributed by atoms with Crippen molar-refractivity contribution in [2.45, 2.75) is 12.5 Å². The number of carboxylic acids is 2. The van der Waals surface area contributed by atoms with Crippen LogP contribution in [0.1, 0.15) is 6.42 Å². The van der Waals surface area contributed by atoms with Crippen molar-refractivity contribution in [3.63, 3.8) is 0 Å². The zero-order chi connectivity index (χ0) is 13.3. The van der Waals surface area contributed by atoms with Crippen molar-refractivity contribution < 1.29 is 29.6 Å². The molecule has 0 saturated carbocycles. The Morgan fingerprint density at radius 3 is 1.75 bits per heavy atom. The van der Waals surface area contributed by atoms with Gasteiger partial charge in [0.2, 0.25) is 6.10 Å². The topological polar surface area (TPSA) is 156 Å². The van der Waals surface area contributed by atoms with E-state index in [2.05, 4.69) is 34.9 Å². The molecule has 0 radical (unpaired) electrons. The zero-order valence-electron chi connectivity index (χ0n) is 7.82. The monoisotopic (exact) mass is 270 g/mol. The van der Waals surface area contributed by atoms with Crippen LogP contribution in [0.2, 0.25) is 0 Å². The molecule has 8 nitrogen and oxygen atoms in total. The van der Waals surface area contributed by atoms with E-state index in [9.17, 15) is 9.59 Å². The zero-order valence-corrected chi connectivity index (χ0v) is 9.46. The van der Waals surface area contributed by atoms with E-state index in [4.69, 9.17) is 21.1 Å². The largest absolute Gasteiger partial charge is 0.487 e. The molecular formula is C6H10N2O6S2. The first-order valence-electron chi connectivity index (χ1n) is 3.55. The van der Waals surface area contributed by atoms with E-state index in [1.807, 2.05) is 0 Å². The number of aliphatic carboxylic acids is 2. The molecule has 7 N–H and O–H groups in total. The van der Waals surface area contributed by atoms with E-state index >= 15 is 0 Å². The summed E-state index contributed by atoms with van der Waals surface area (Å²) in [5, 5.41) is 23.2. The number of hydrogen-bond donors (Lipinski definition) is 5. The maximum absolute atomic E-state index is 10.3. The first kappa shape index (κ1) is 16.7. The van der Waals surface area contributed by atoms with E-state index < -0.39 is 34.8 Å². The highest BCUT2D eigenvalue weighted by molar-refractivity contribution is 7.80. The van der Waals surface area contributed by atoms with Crippen molar-refractivity contribution in [3.05, 3.63) is 0 Å². The second kappa shape index (κ2) is 8.61. The summed E-state index contributed by atoms with van der Waals surface area (Å²) in [6, 6.07) is 0. The molecule has 0 rings (SSSR count). The number of hydrogen-bond acceptors (Lipinski definition) is 5. The third-order valence-electron chi connectivity index (χ3n) is 0.894. The minimum atomic E-state index is -1.51. The third kappa shape index (κ3) is 14.8. The van der Waals surface area contributed by atoms with Crippen LogP contribution < -0.4 is 11.5 Å². The highest BCUT2D eigenvalue weighted by atomic mass is 32.1. The second-order valence-corrected chi connectivity index (χ2v) is 3.02. The van der Waals surface area contributed by atoms with Gasteiger partial charge in [0.25, 0.3) is 10.3 Å². The molecule has 1 atom stereocenters. The maximum atomic E-state index is 10.3. The second-order valence-electron chi connectivity index (χ2n) is 2.20. The molecule has 0 aliphatic carbocycles. The molecule has 0 bridgehead atoms. The van der Waals surface area contributed by atoms with Gasteiger partial charge in [-0.25, -0.2) is 4.79 Å². The number of aliphatic hydroxyl groups excluding tert-OH is 1. The molecule has 10 heteroatoms. The summed E-state index contributed by atoms with van der Waals surface area (Å²) in [5.41, 5.74) is 9.26. The van der Waals surface area contributed by atoms with Crippen LogP contribution in [0.5, 0.6) is 0 Å². The van der Waals surface area contributed by atoms with Crippen molar-refractivity contribution in [2.75, 3.05) is 0 Å². The fourth-order valence-corrected chi connectivity index (χ4v) is 0.594. The molecule has 0 amide bonds. The van der Waals surface area contributed by atoms with Crippen molar-refractivity contribution in [3.8, 4) is 0 Å². The lowest BCUT2D eigenvalue weighted by atomic mass is 10.2. The van der Waals surface area contributed by atoms with Crippen LogP contribution in [0.4, 0.5) is 0 Å². The quantitative estimate of drug-likeness (QED) is 0.400. The van der Waals surface area contributed by atoms with Gasteiger partial charge in [0.1, 0.15) is 0 Å². The first-order valence-corrected chi connectivity index (χ1v) is 4.37. The van der Waals surface area contributed by atoms with Crippen LogP contribution in [-0.4, -0.2) is 43.7 Å². The first-order chi connectivity index (χ1) is 7.16. The smallest absolute Gasteiger partial charge is 0.345 e. The lowest BCUT2D eigenvalue weighted by Gasteiger charge is -2.10. The molecular weight excluding hydrogens is 260 g/mol. The number of thiocarbonyl (C=S) groups is 2. The molecule has 0 aromatic heterocycles. The highest BCUT2D eigenvalue weighted by Crippen LogP contribution is 1.98. The average Bonchev–Trinajstić information content (AvgIpc) is 1.99. The van der Waals surface area contributed by atoms with Gasteiger partial charge in [0.15, 0.2) is 0 Å². The van der Waals surface area contributed by atoms with Crippen LogP contribution in [0.3, 0.4) is 0 Å². The Kier molecular flexibility index (Phi) is 9.01. The van der Waals surface area contributed by atoms with Gasteiger partial charge in [0.05, 0.1) is 6.42 Å². The van der Waals surface area contributed by atoms with Crippen molar-refractivity contribution >= 4 is 46.7 Å². The SMILES string of the molecule is NC(=S)OC(CC(=O)O)C(=O)O.NC(O)=S. The normalized spacial score (nSPS) is 10.2. The summed E-state index contributed by atoms with van der Waals surface area (Å²) in [4.78, 5) is 20.3. The Labute approximate surface area is 101 Å². The Morgan fingerprint density at radius 1 is 1.19 bits per heavy atom. The molecule has 0 heterocycles. The molecule has 0 aliphatic heterocycles. The number of nitrogens with two attached hydrogens (primary N) is 2. The third-order valence-corrected chi connectivity index (χ3v) is 0.990. The van der Waals surface area contributed by atoms with Gasteiger partial charge in [-0.1, -0.05) is 0 Å². The van der Waals surface area contributed by atoms with Crippen LogP contribution in [0.15, 0.2) is 0 Å². The van der Waals surface area contributed by atoms with E-state index in [0.717, 1.165) is 0 Å². The lowest BCUT2D eigenvalue weighted by Crippen LogP contribution is -2.31.